The fourth-order valence-corrected chi connectivity index (χ4v) is 3.13. The number of hydrogen-bond donors (Lipinski definition) is 1. The van der Waals surface area contributed by atoms with Gasteiger partial charge in [0.1, 0.15) is 5.52 Å². The average Bonchev–Trinajstić information content (AvgIpc) is 3.00. The Kier molecular flexibility index (Phi) is 5.50. The number of nitrogens with zero attached hydrogens (tertiary/aromatic N) is 4. The van der Waals surface area contributed by atoms with E-state index in [1.807, 2.05) is 31.3 Å². The molecule has 1 fully saturated rings. The van der Waals surface area contributed by atoms with Crippen molar-refractivity contribution in [1.29, 1.82) is 0 Å². The molecule has 0 saturated carbocycles. The molecule has 24 heavy (non-hydrogen) atoms. The van der Waals surface area contributed by atoms with Crippen molar-refractivity contribution in [2.45, 2.75) is 19.1 Å². The summed E-state index contributed by atoms with van der Waals surface area (Å²) in [6.45, 7) is 7.58. The maximum Gasteiger partial charge on any atom is 0.212 e. The molecule has 2 heterocycles. The lowest BCUT2D eigenvalue weighted by molar-refractivity contribution is 0.0504. The number of β-amino-alcohol motifs (C(OH)–C–C–N with tert-alkyl or cyclic N) is 1. The van der Waals surface area contributed by atoms with Crippen molar-refractivity contribution in [2.75, 3.05) is 53.4 Å². The molecule has 0 amide bonds. The Morgan fingerprint density at radius 1 is 1.25 bits per heavy atom. The minimum absolute atomic E-state index is 0.0274. The van der Waals surface area contributed by atoms with Crippen molar-refractivity contribution in [3.63, 3.8) is 0 Å². The zero-order valence-electron chi connectivity index (χ0n) is 14.9. The summed E-state index contributed by atoms with van der Waals surface area (Å²) in [6.07, 6.45) is -0.370. The second-order valence-electron chi connectivity index (χ2n) is 6.89. The highest BCUT2D eigenvalue weighted by atomic mass is 16.3. The molecule has 6 nitrogen and oxygen atoms in total. The van der Waals surface area contributed by atoms with E-state index in [0.717, 1.165) is 43.8 Å². The van der Waals surface area contributed by atoms with Crippen LogP contribution in [-0.2, 0) is 0 Å². The van der Waals surface area contributed by atoms with Gasteiger partial charge in [-0.1, -0.05) is 12.1 Å². The average molecular weight is 332 g/mol. The largest absolute Gasteiger partial charge is 0.439 e. The first-order valence-electron chi connectivity index (χ1n) is 8.67. The van der Waals surface area contributed by atoms with Gasteiger partial charge in [-0.25, -0.2) is 4.98 Å². The molecule has 2 unspecified atom stereocenters. The van der Waals surface area contributed by atoms with E-state index in [4.69, 9.17) is 4.42 Å². The summed E-state index contributed by atoms with van der Waals surface area (Å²) in [4.78, 5) is 11.3. The normalized spacial score (nSPS) is 19.9. The first-order valence-corrected chi connectivity index (χ1v) is 8.67. The molecule has 1 saturated heterocycles. The molecule has 0 radical (unpaired) electrons. The third-order valence-electron chi connectivity index (χ3n) is 4.89. The van der Waals surface area contributed by atoms with E-state index in [0.29, 0.717) is 12.4 Å². The van der Waals surface area contributed by atoms with E-state index in [2.05, 4.69) is 33.7 Å². The molecule has 0 aliphatic carbocycles. The Hall–Kier alpha value is -1.47. The van der Waals surface area contributed by atoms with Gasteiger partial charge in [-0.05, 0) is 33.2 Å². The second kappa shape index (κ2) is 7.61. The number of aliphatic hydroxyl groups excluding tert-OH is 1. The molecule has 0 spiro atoms. The molecular formula is C18H28N4O2. The molecule has 0 bridgehead atoms. The van der Waals surface area contributed by atoms with Crippen LogP contribution in [0.1, 0.15) is 18.9 Å². The highest BCUT2D eigenvalue weighted by Gasteiger charge is 2.22. The molecular weight excluding hydrogens is 304 g/mol. The molecule has 2 atom stereocenters. The Morgan fingerprint density at radius 2 is 1.96 bits per heavy atom. The number of fused-ring (bicyclic) bond motifs is 1. The van der Waals surface area contributed by atoms with Crippen LogP contribution in [0.4, 0.5) is 0 Å². The Morgan fingerprint density at radius 3 is 2.67 bits per heavy atom. The van der Waals surface area contributed by atoms with Crippen LogP contribution >= 0.6 is 0 Å². The van der Waals surface area contributed by atoms with E-state index >= 15 is 0 Å². The van der Waals surface area contributed by atoms with Crippen LogP contribution in [-0.4, -0.2) is 84.3 Å². The van der Waals surface area contributed by atoms with Gasteiger partial charge >= 0.3 is 0 Å². The van der Waals surface area contributed by atoms with E-state index in [9.17, 15) is 5.11 Å². The lowest BCUT2D eigenvalue weighted by atomic mass is 10.2. The molecule has 6 heteroatoms. The monoisotopic (exact) mass is 332 g/mol. The number of aromatic nitrogens is 1. The number of rotatable bonds is 6. The number of oxazole rings is 1. The van der Waals surface area contributed by atoms with Gasteiger partial charge in [0.25, 0.3) is 0 Å². The number of aliphatic hydroxyl groups is 1. The second-order valence-corrected chi connectivity index (χ2v) is 6.89. The number of para-hydroxylation sites is 2. The van der Waals surface area contributed by atoms with Crippen molar-refractivity contribution in [2.24, 2.45) is 0 Å². The van der Waals surface area contributed by atoms with Gasteiger partial charge in [-0.15, -0.1) is 0 Å². The highest BCUT2D eigenvalue weighted by Crippen LogP contribution is 2.23. The maximum atomic E-state index is 10.4. The van der Waals surface area contributed by atoms with Gasteiger partial charge in [0, 0.05) is 39.3 Å². The zero-order valence-corrected chi connectivity index (χ0v) is 14.9. The van der Waals surface area contributed by atoms with Crippen molar-refractivity contribution < 1.29 is 9.52 Å². The topological polar surface area (TPSA) is 56.0 Å². The minimum atomic E-state index is -0.370. The van der Waals surface area contributed by atoms with E-state index < -0.39 is 0 Å². The number of piperazine rings is 1. The Balaban J connectivity index is 1.54. The fourth-order valence-electron chi connectivity index (χ4n) is 3.13. The molecule has 2 aromatic rings. The van der Waals surface area contributed by atoms with E-state index in [1.165, 1.54) is 0 Å². The molecule has 3 rings (SSSR count). The molecule has 1 N–H and O–H groups in total. The summed E-state index contributed by atoms with van der Waals surface area (Å²) < 4.78 is 5.84. The summed E-state index contributed by atoms with van der Waals surface area (Å²) in [5, 5.41) is 10.4. The minimum Gasteiger partial charge on any atom is -0.439 e. The number of likely N-dealkylation sites (N-methyl/N-ethyl adjacent to an activating group) is 2. The summed E-state index contributed by atoms with van der Waals surface area (Å²) >= 11 is 0. The van der Waals surface area contributed by atoms with Gasteiger partial charge in [-0.3, -0.25) is 9.80 Å². The first-order chi connectivity index (χ1) is 11.5. The molecule has 1 aromatic carbocycles. The number of benzene rings is 1. The smallest absolute Gasteiger partial charge is 0.212 e. The Bertz CT molecular complexity index is 618. The van der Waals surface area contributed by atoms with Crippen LogP contribution in [0, 0.1) is 0 Å². The van der Waals surface area contributed by atoms with Crippen molar-refractivity contribution in [3.8, 4) is 0 Å². The van der Waals surface area contributed by atoms with Crippen LogP contribution in [0.5, 0.6) is 0 Å². The standard InChI is InChI=1S/C18H28N4O2/c1-14(18-19-16-6-4-5-7-17(16)24-18)21(3)12-15(23)13-22-10-8-20(2)9-11-22/h4-7,14-15,23H,8-13H2,1-3H3. The number of hydrogen-bond acceptors (Lipinski definition) is 6. The van der Waals surface area contributed by atoms with Crippen molar-refractivity contribution in [1.82, 2.24) is 19.7 Å². The summed E-state index contributed by atoms with van der Waals surface area (Å²) in [5.41, 5.74) is 1.69. The molecule has 1 aromatic heterocycles. The summed E-state index contributed by atoms with van der Waals surface area (Å²) in [6, 6.07) is 7.83. The SMILES string of the molecule is CC(c1nc2ccccc2o1)N(C)CC(O)CN1CCN(C)CC1. The summed E-state index contributed by atoms with van der Waals surface area (Å²) in [5.74, 6) is 0.700. The quantitative estimate of drug-likeness (QED) is 0.864. The zero-order chi connectivity index (χ0) is 17.1. The van der Waals surface area contributed by atoms with Crippen LogP contribution in [0.15, 0.2) is 28.7 Å². The van der Waals surface area contributed by atoms with Crippen molar-refractivity contribution >= 4 is 11.1 Å². The van der Waals surface area contributed by atoms with Gasteiger partial charge in [0.15, 0.2) is 5.58 Å². The molecule has 1 aliphatic rings. The van der Waals surface area contributed by atoms with Gasteiger partial charge < -0.3 is 14.4 Å². The van der Waals surface area contributed by atoms with Crippen molar-refractivity contribution in [3.05, 3.63) is 30.2 Å². The van der Waals surface area contributed by atoms with Crippen LogP contribution in [0.2, 0.25) is 0 Å². The lowest BCUT2D eigenvalue weighted by Gasteiger charge is -2.34. The fraction of sp³-hybridized carbons (Fsp3) is 0.611. The van der Waals surface area contributed by atoms with Crippen LogP contribution in [0.3, 0.4) is 0 Å². The highest BCUT2D eigenvalue weighted by molar-refractivity contribution is 5.72. The van der Waals surface area contributed by atoms with E-state index in [-0.39, 0.29) is 12.1 Å². The third-order valence-corrected chi connectivity index (χ3v) is 4.89. The first kappa shape index (κ1) is 17.4. The molecule has 1 aliphatic heterocycles. The van der Waals surface area contributed by atoms with Crippen LogP contribution < -0.4 is 0 Å². The molecule has 132 valence electrons. The van der Waals surface area contributed by atoms with Gasteiger partial charge in [-0.2, -0.15) is 0 Å². The Labute approximate surface area is 143 Å². The van der Waals surface area contributed by atoms with Gasteiger partial charge in [0.05, 0.1) is 12.1 Å². The lowest BCUT2D eigenvalue weighted by Crippen LogP contribution is -2.48. The predicted molar refractivity (Wildman–Crippen MR) is 95.0 cm³/mol. The maximum absolute atomic E-state index is 10.4. The summed E-state index contributed by atoms with van der Waals surface area (Å²) in [7, 11) is 4.15. The van der Waals surface area contributed by atoms with E-state index in [1.54, 1.807) is 0 Å². The predicted octanol–water partition coefficient (Wildman–Crippen LogP) is 1.43. The van der Waals surface area contributed by atoms with Gasteiger partial charge in [0.2, 0.25) is 5.89 Å². The van der Waals surface area contributed by atoms with Crippen LogP contribution in [0.25, 0.3) is 11.1 Å². The third kappa shape index (κ3) is 4.13.